The van der Waals surface area contributed by atoms with Crippen LogP contribution < -0.4 is 10.1 Å². The number of benzene rings is 1. The lowest BCUT2D eigenvalue weighted by Crippen LogP contribution is -2.47. The molecule has 0 spiro atoms. The molecule has 0 radical (unpaired) electrons. The number of carbonyl (C=O) groups is 2. The van der Waals surface area contributed by atoms with E-state index >= 15 is 0 Å². The van der Waals surface area contributed by atoms with Gasteiger partial charge in [0.15, 0.2) is 0 Å². The highest BCUT2D eigenvalue weighted by Gasteiger charge is 2.32. The number of esters is 1. The second-order valence-corrected chi connectivity index (χ2v) is 5.48. The van der Waals surface area contributed by atoms with Crippen molar-refractivity contribution in [1.82, 2.24) is 5.32 Å². The molecule has 1 aromatic carbocycles. The van der Waals surface area contributed by atoms with Gasteiger partial charge in [0.25, 0.3) is 0 Å². The van der Waals surface area contributed by atoms with Crippen LogP contribution >= 0.6 is 0 Å². The summed E-state index contributed by atoms with van der Waals surface area (Å²) < 4.78 is 10.3. The molecule has 2 rings (SSSR count). The van der Waals surface area contributed by atoms with Gasteiger partial charge in [0, 0.05) is 5.56 Å². The van der Waals surface area contributed by atoms with E-state index in [0.717, 1.165) is 11.3 Å². The molecule has 0 saturated heterocycles. The molecule has 2 atom stereocenters. The van der Waals surface area contributed by atoms with E-state index in [2.05, 4.69) is 5.32 Å². The summed E-state index contributed by atoms with van der Waals surface area (Å²) in [5.41, 5.74) is 0.869. The highest BCUT2D eigenvalue weighted by molar-refractivity contribution is 5.89. The number of amides is 1. The summed E-state index contributed by atoms with van der Waals surface area (Å²) in [6.45, 7) is 4.25. The Morgan fingerprint density at radius 2 is 2.05 bits per heavy atom. The summed E-state index contributed by atoms with van der Waals surface area (Å²) in [6, 6.07) is 6.88. The average molecular weight is 291 g/mol. The summed E-state index contributed by atoms with van der Waals surface area (Å²) >= 11 is 0. The Labute approximate surface area is 124 Å². The molecule has 1 aliphatic heterocycles. The first-order valence-electron chi connectivity index (χ1n) is 7.14. The minimum atomic E-state index is -0.627. The van der Waals surface area contributed by atoms with Crippen LogP contribution in [-0.4, -0.2) is 31.6 Å². The van der Waals surface area contributed by atoms with Crippen LogP contribution in [-0.2, 0) is 14.3 Å². The zero-order chi connectivity index (χ0) is 15.4. The Balaban J connectivity index is 2.16. The lowest BCUT2D eigenvalue weighted by molar-refractivity contribution is -0.146. The molecule has 5 heteroatoms. The molecule has 1 N–H and O–H groups in total. The van der Waals surface area contributed by atoms with E-state index in [-0.39, 0.29) is 17.7 Å². The Morgan fingerprint density at radius 3 is 2.71 bits per heavy atom. The normalized spacial score (nSPS) is 18.4. The number of methoxy groups -OCH3 is 1. The monoisotopic (exact) mass is 291 g/mol. The van der Waals surface area contributed by atoms with Crippen LogP contribution in [0.15, 0.2) is 24.3 Å². The predicted octanol–water partition coefficient (Wildman–Crippen LogP) is 1.87. The number of nitrogens with one attached hydrogen (secondary N) is 1. The van der Waals surface area contributed by atoms with Crippen LogP contribution in [0.2, 0.25) is 0 Å². The van der Waals surface area contributed by atoms with Crippen LogP contribution in [0.4, 0.5) is 0 Å². The van der Waals surface area contributed by atoms with Crippen molar-refractivity contribution in [3.63, 3.8) is 0 Å². The largest absolute Gasteiger partial charge is 0.493 e. The van der Waals surface area contributed by atoms with E-state index in [9.17, 15) is 9.59 Å². The van der Waals surface area contributed by atoms with Gasteiger partial charge in [-0.3, -0.25) is 4.79 Å². The third-order valence-electron chi connectivity index (χ3n) is 3.69. The van der Waals surface area contributed by atoms with E-state index in [1.165, 1.54) is 7.11 Å². The van der Waals surface area contributed by atoms with E-state index in [0.29, 0.717) is 13.0 Å². The Bertz CT molecular complexity index is 527. The summed E-state index contributed by atoms with van der Waals surface area (Å²) in [5, 5.41) is 2.81. The molecule has 114 valence electrons. The topological polar surface area (TPSA) is 64.6 Å². The minimum absolute atomic E-state index is 0.0310. The first kappa shape index (κ1) is 15.4. The lowest BCUT2D eigenvalue weighted by Gasteiger charge is -2.27. The molecule has 1 aromatic rings. The van der Waals surface area contributed by atoms with Crippen molar-refractivity contribution in [1.29, 1.82) is 0 Å². The van der Waals surface area contributed by atoms with Crippen molar-refractivity contribution < 1.29 is 19.1 Å². The number of fused-ring (bicyclic) bond motifs is 1. The number of hydrogen-bond donors (Lipinski definition) is 1. The fourth-order valence-corrected chi connectivity index (χ4v) is 2.49. The number of para-hydroxylation sites is 1. The summed E-state index contributed by atoms with van der Waals surface area (Å²) in [7, 11) is 1.33. The van der Waals surface area contributed by atoms with Gasteiger partial charge in [0.2, 0.25) is 5.91 Å². The van der Waals surface area contributed by atoms with Gasteiger partial charge in [-0.25, -0.2) is 4.79 Å². The van der Waals surface area contributed by atoms with E-state index < -0.39 is 12.0 Å². The van der Waals surface area contributed by atoms with Crippen LogP contribution in [0.1, 0.15) is 31.7 Å². The molecule has 0 aliphatic carbocycles. The molecule has 1 aliphatic rings. The third kappa shape index (κ3) is 3.35. The Hall–Kier alpha value is -2.04. The van der Waals surface area contributed by atoms with E-state index in [1.54, 1.807) is 0 Å². The lowest BCUT2D eigenvalue weighted by atomic mass is 9.91. The number of carbonyl (C=O) groups excluding carboxylic acids is 2. The Kier molecular flexibility index (Phi) is 4.83. The van der Waals surface area contributed by atoms with Gasteiger partial charge < -0.3 is 14.8 Å². The predicted molar refractivity (Wildman–Crippen MR) is 78.1 cm³/mol. The fraction of sp³-hybridized carbons (Fsp3) is 0.500. The highest BCUT2D eigenvalue weighted by atomic mass is 16.5. The molecule has 1 heterocycles. The highest BCUT2D eigenvalue weighted by Crippen LogP contribution is 2.33. The molecule has 5 nitrogen and oxygen atoms in total. The van der Waals surface area contributed by atoms with Gasteiger partial charge in [0.05, 0.1) is 19.6 Å². The van der Waals surface area contributed by atoms with Crippen molar-refractivity contribution in [2.24, 2.45) is 5.92 Å². The van der Waals surface area contributed by atoms with Gasteiger partial charge in [0.1, 0.15) is 11.8 Å². The molecule has 2 unspecified atom stereocenters. The summed E-state index contributed by atoms with van der Waals surface area (Å²) in [5.74, 6) is -0.158. The molecular weight excluding hydrogens is 270 g/mol. The number of ether oxygens (including phenoxy) is 2. The van der Waals surface area contributed by atoms with Gasteiger partial charge in [-0.1, -0.05) is 32.0 Å². The summed E-state index contributed by atoms with van der Waals surface area (Å²) in [6.07, 6.45) is 0.606. The quantitative estimate of drug-likeness (QED) is 0.860. The summed E-state index contributed by atoms with van der Waals surface area (Å²) in [4.78, 5) is 24.3. The van der Waals surface area contributed by atoms with Gasteiger partial charge in [-0.05, 0) is 18.4 Å². The standard InChI is InChI=1S/C16H21NO4/c1-10(2)14(16(19)20-3)17-15(18)12-8-9-21-13-7-5-4-6-11(12)13/h4-7,10,12,14H,8-9H2,1-3H3,(H,17,18). The first-order valence-corrected chi connectivity index (χ1v) is 7.14. The van der Waals surface area contributed by atoms with Gasteiger partial charge in [-0.15, -0.1) is 0 Å². The zero-order valence-corrected chi connectivity index (χ0v) is 12.6. The minimum Gasteiger partial charge on any atom is -0.493 e. The third-order valence-corrected chi connectivity index (χ3v) is 3.69. The van der Waals surface area contributed by atoms with Crippen LogP contribution in [0.5, 0.6) is 5.75 Å². The molecular formula is C16H21NO4. The SMILES string of the molecule is COC(=O)C(NC(=O)C1CCOc2ccccc21)C(C)C. The molecule has 21 heavy (non-hydrogen) atoms. The van der Waals surface area contributed by atoms with Gasteiger partial charge >= 0.3 is 5.97 Å². The molecule has 0 saturated carbocycles. The average Bonchev–Trinajstić information content (AvgIpc) is 2.50. The maximum atomic E-state index is 12.5. The first-order chi connectivity index (χ1) is 10.0. The van der Waals surface area contributed by atoms with Crippen molar-refractivity contribution in [2.45, 2.75) is 32.2 Å². The second kappa shape index (κ2) is 6.61. The van der Waals surface area contributed by atoms with Gasteiger partial charge in [-0.2, -0.15) is 0 Å². The molecule has 1 amide bonds. The molecule has 0 aromatic heterocycles. The number of rotatable bonds is 4. The van der Waals surface area contributed by atoms with Crippen LogP contribution in [0.3, 0.4) is 0 Å². The molecule has 0 fully saturated rings. The number of hydrogen-bond acceptors (Lipinski definition) is 4. The van der Waals surface area contributed by atoms with Crippen molar-refractivity contribution in [3.05, 3.63) is 29.8 Å². The van der Waals surface area contributed by atoms with Crippen molar-refractivity contribution in [3.8, 4) is 5.75 Å². The van der Waals surface area contributed by atoms with Crippen LogP contribution in [0.25, 0.3) is 0 Å². The van der Waals surface area contributed by atoms with E-state index in [1.807, 2.05) is 38.1 Å². The maximum absolute atomic E-state index is 12.5. The van der Waals surface area contributed by atoms with Crippen molar-refractivity contribution >= 4 is 11.9 Å². The van der Waals surface area contributed by atoms with E-state index in [4.69, 9.17) is 9.47 Å². The fourth-order valence-electron chi connectivity index (χ4n) is 2.49. The van der Waals surface area contributed by atoms with Crippen molar-refractivity contribution in [2.75, 3.05) is 13.7 Å². The Morgan fingerprint density at radius 1 is 1.33 bits per heavy atom. The molecule has 0 bridgehead atoms. The zero-order valence-electron chi connectivity index (χ0n) is 12.6. The van der Waals surface area contributed by atoms with Crippen LogP contribution in [0, 0.1) is 5.92 Å². The maximum Gasteiger partial charge on any atom is 0.328 e. The second-order valence-electron chi connectivity index (χ2n) is 5.48. The smallest absolute Gasteiger partial charge is 0.328 e.